The summed E-state index contributed by atoms with van der Waals surface area (Å²) in [6.45, 7) is 1.67. The SMILES string of the molecule is COc1ccc(C(NC2CCOCC2)c2ccncc2)cc1. The van der Waals surface area contributed by atoms with E-state index in [0.29, 0.717) is 6.04 Å². The van der Waals surface area contributed by atoms with Gasteiger partial charge in [-0.05, 0) is 48.2 Å². The smallest absolute Gasteiger partial charge is 0.118 e. The summed E-state index contributed by atoms with van der Waals surface area (Å²) in [5.74, 6) is 0.878. The van der Waals surface area contributed by atoms with Crippen molar-refractivity contribution in [3.8, 4) is 5.75 Å². The van der Waals surface area contributed by atoms with Crippen molar-refractivity contribution >= 4 is 0 Å². The Morgan fingerprint density at radius 3 is 2.32 bits per heavy atom. The van der Waals surface area contributed by atoms with E-state index >= 15 is 0 Å². The van der Waals surface area contributed by atoms with Gasteiger partial charge in [-0.25, -0.2) is 0 Å². The minimum Gasteiger partial charge on any atom is -0.497 e. The first kappa shape index (κ1) is 15.0. The van der Waals surface area contributed by atoms with Gasteiger partial charge in [0, 0.05) is 31.6 Å². The predicted octanol–water partition coefficient (Wildman–Crippen LogP) is 2.95. The second-order valence-electron chi connectivity index (χ2n) is 5.54. The number of aromatic nitrogens is 1. The first-order chi connectivity index (χ1) is 10.9. The van der Waals surface area contributed by atoms with E-state index < -0.39 is 0 Å². The van der Waals surface area contributed by atoms with Crippen LogP contribution in [-0.4, -0.2) is 31.3 Å². The van der Waals surface area contributed by atoms with Gasteiger partial charge >= 0.3 is 0 Å². The maximum atomic E-state index is 5.46. The van der Waals surface area contributed by atoms with Gasteiger partial charge in [-0.15, -0.1) is 0 Å². The van der Waals surface area contributed by atoms with Gasteiger partial charge < -0.3 is 14.8 Å². The molecule has 1 unspecified atom stereocenters. The Bertz CT molecular complexity index is 565. The lowest BCUT2D eigenvalue weighted by molar-refractivity contribution is 0.0760. The van der Waals surface area contributed by atoms with Crippen molar-refractivity contribution in [3.63, 3.8) is 0 Å². The number of ether oxygens (including phenoxy) is 2. The van der Waals surface area contributed by atoms with Gasteiger partial charge in [0.1, 0.15) is 5.75 Å². The summed E-state index contributed by atoms with van der Waals surface area (Å²) >= 11 is 0. The number of nitrogens with one attached hydrogen (secondary N) is 1. The van der Waals surface area contributed by atoms with E-state index in [0.717, 1.165) is 31.8 Å². The number of rotatable bonds is 5. The molecule has 0 aliphatic carbocycles. The van der Waals surface area contributed by atoms with Gasteiger partial charge in [0.2, 0.25) is 0 Å². The molecule has 1 saturated heterocycles. The molecule has 2 heterocycles. The summed E-state index contributed by atoms with van der Waals surface area (Å²) in [4.78, 5) is 4.13. The van der Waals surface area contributed by atoms with Crippen LogP contribution in [0.2, 0.25) is 0 Å². The van der Waals surface area contributed by atoms with E-state index in [1.165, 1.54) is 11.1 Å². The van der Waals surface area contributed by atoms with Gasteiger partial charge in [0.25, 0.3) is 0 Å². The minimum atomic E-state index is 0.164. The summed E-state index contributed by atoms with van der Waals surface area (Å²) in [6, 6.07) is 13.0. The Hall–Kier alpha value is -1.91. The molecule has 0 bridgehead atoms. The van der Waals surface area contributed by atoms with Crippen LogP contribution in [0.1, 0.15) is 30.0 Å². The highest BCUT2D eigenvalue weighted by Crippen LogP contribution is 2.25. The third-order valence-electron chi connectivity index (χ3n) is 4.11. The number of nitrogens with zero attached hydrogens (tertiary/aromatic N) is 1. The average molecular weight is 298 g/mol. The Kier molecular flexibility index (Phi) is 5.03. The summed E-state index contributed by atoms with van der Waals surface area (Å²) < 4.78 is 10.7. The van der Waals surface area contributed by atoms with E-state index in [1.54, 1.807) is 7.11 Å². The van der Waals surface area contributed by atoms with E-state index in [9.17, 15) is 0 Å². The molecular formula is C18H22N2O2. The van der Waals surface area contributed by atoms with Crippen molar-refractivity contribution in [2.45, 2.75) is 24.9 Å². The molecule has 1 aliphatic heterocycles. The first-order valence-corrected chi connectivity index (χ1v) is 7.74. The maximum Gasteiger partial charge on any atom is 0.118 e. The lowest BCUT2D eigenvalue weighted by atomic mass is 9.97. The molecule has 1 atom stereocenters. The Balaban J connectivity index is 1.84. The highest BCUT2D eigenvalue weighted by atomic mass is 16.5. The molecule has 116 valence electrons. The van der Waals surface area contributed by atoms with Crippen LogP contribution < -0.4 is 10.1 Å². The van der Waals surface area contributed by atoms with Crippen LogP contribution in [0.25, 0.3) is 0 Å². The van der Waals surface area contributed by atoms with E-state index in [2.05, 4.69) is 34.6 Å². The van der Waals surface area contributed by atoms with Gasteiger partial charge in [-0.1, -0.05) is 12.1 Å². The summed E-state index contributed by atoms with van der Waals surface area (Å²) in [7, 11) is 1.69. The molecule has 1 aromatic heterocycles. The zero-order valence-corrected chi connectivity index (χ0v) is 12.9. The lowest BCUT2D eigenvalue weighted by Crippen LogP contribution is -2.37. The number of hydrogen-bond donors (Lipinski definition) is 1. The number of methoxy groups -OCH3 is 1. The molecular weight excluding hydrogens is 276 g/mol. The number of hydrogen-bond acceptors (Lipinski definition) is 4. The van der Waals surface area contributed by atoms with Crippen LogP contribution in [0.4, 0.5) is 0 Å². The van der Waals surface area contributed by atoms with E-state index in [-0.39, 0.29) is 6.04 Å². The maximum absolute atomic E-state index is 5.46. The largest absolute Gasteiger partial charge is 0.497 e. The zero-order valence-electron chi connectivity index (χ0n) is 12.9. The number of pyridine rings is 1. The Labute approximate surface area is 131 Å². The summed E-state index contributed by atoms with van der Waals surface area (Å²) in [5, 5.41) is 3.78. The molecule has 0 spiro atoms. The predicted molar refractivity (Wildman–Crippen MR) is 86.1 cm³/mol. The molecule has 1 aliphatic rings. The van der Waals surface area contributed by atoms with Crippen molar-refractivity contribution in [1.82, 2.24) is 10.3 Å². The molecule has 0 radical (unpaired) electrons. The third-order valence-corrected chi connectivity index (χ3v) is 4.11. The van der Waals surface area contributed by atoms with Crippen molar-refractivity contribution in [2.75, 3.05) is 20.3 Å². The molecule has 3 rings (SSSR count). The summed E-state index contributed by atoms with van der Waals surface area (Å²) in [5.41, 5.74) is 2.46. The Morgan fingerprint density at radius 1 is 1.05 bits per heavy atom. The normalized spacial score (nSPS) is 17.1. The topological polar surface area (TPSA) is 43.4 Å². The van der Waals surface area contributed by atoms with E-state index in [1.807, 2.05) is 24.5 Å². The van der Waals surface area contributed by atoms with Crippen LogP contribution in [0, 0.1) is 0 Å². The van der Waals surface area contributed by atoms with Crippen LogP contribution in [0.5, 0.6) is 5.75 Å². The summed E-state index contributed by atoms with van der Waals surface area (Å²) in [6.07, 6.45) is 5.80. The van der Waals surface area contributed by atoms with Crippen LogP contribution in [0.15, 0.2) is 48.8 Å². The minimum absolute atomic E-state index is 0.164. The van der Waals surface area contributed by atoms with Gasteiger partial charge in [-0.3, -0.25) is 4.98 Å². The third kappa shape index (κ3) is 3.64. The van der Waals surface area contributed by atoms with Crippen LogP contribution in [0.3, 0.4) is 0 Å². The van der Waals surface area contributed by atoms with Crippen molar-refractivity contribution in [2.24, 2.45) is 0 Å². The molecule has 1 aromatic carbocycles. The van der Waals surface area contributed by atoms with Gasteiger partial charge in [0.05, 0.1) is 13.2 Å². The van der Waals surface area contributed by atoms with Crippen molar-refractivity contribution < 1.29 is 9.47 Å². The fourth-order valence-electron chi connectivity index (χ4n) is 2.84. The first-order valence-electron chi connectivity index (χ1n) is 7.74. The molecule has 1 fully saturated rings. The second kappa shape index (κ2) is 7.38. The van der Waals surface area contributed by atoms with E-state index in [4.69, 9.17) is 9.47 Å². The fourth-order valence-corrected chi connectivity index (χ4v) is 2.84. The lowest BCUT2D eigenvalue weighted by Gasteiger charge is -2.29. The van der Waals surface area contributed by atoms with Gasteiger partial charge in [-0.2, -0.15) is 0 Å². The second-order valence-corrected chi connectivity index (χ2v) is 5.54. The van der Waals surface area contributed by atoms with Crippen molar-refractivity contribution in [1.29, 1.82) is 0 Å². The Morgan fingerprint density at radius 2 is 1.68 bits per heavy atom. The van der Waals surface area contributed by atoms with Crippen LogP contribution in [-0.2, 0) is 4.74 Å². The molecule has 1 N–H and O–H groups in total. The highest BCUT2D eigenvalue weighted by Gasteiger charge is 2.20. The quantitative estimate of drug-likeness (QED) is 0.921. The highest BCUT2D eigenvalue weighted by molar-refractivity contribution is 5.35. The zero-order chi connectivity index (χ0) is 15.2. The molecule has 0 amide bonds. The average Bonchev–Trinajstić information content (AvgIpc) is 2.61. The standard InChI is InChI=1S/C18H22N2O2/c1-21-17-4-2-14(3-5-17)18(15-6-10-19-11-7-15)20-16-8-12-22-13-9-16/h2-7,10-11,16,18,20H,8-9,12-13H2,1H3. The molecule has 4 nitrogen and oxygen atoms in total. The van der Waals surface area contributed by atoms with Crippen LogP contribution >= 0.6 is 0 Å². The number of benzene rings is 1. The fraction of sp³-hybridized carbons (Fsp3) is 0.389. The molecule has 4 heteroatoms. The monoisotopic (exact) mass is 298 g/mol. The van der Waals surface area contributed by atoms with Crippen molar-refractivity contribution in [3.05, 3.63) is 59.9 Å². The van der Waals surface area contributed by atoms with Gasteiger partial charge in [0.15, 0.2) is 0 Å². The molecule has 22 heavy (non-hydrogen) atoms. The molecule has 2 aromatic rings. The molecule has 0 saturated carbocycles.